The molecule has 1 heterocycles. The number of amides is 4. The predicted octanol–water partition coefficient (Wildman–Crippen LogP) is 3.70. The quantitative estimate of drug-likeness (QED) is 0.271. The SMILES string of the molecule is CC(C)(N)CC(=O)N[C@@H]1CCc2cc(F)ccc2N(Cc2ccc(-c3ccccc3NC(=O)NCCO)cc2)C1=O. The number of nitrogens with two attached hydrogens (primary N) is 1. The third-order valence-electron chi connectivity index (χ3n) is 6.73. The normalized spacial score (nSPS) is 15.1. The van der Waals surface area contributed by atoms with Crippen molar-refractivity contribution in [2.75, 3.05) is 23.4 Å². The van der Waals surface area contributed by atoms with E-state index >= 15 is 0 Å². The van der Waals surface area contributed by atoms with Crippen LogP contribution in [0.15, 0.2) is 66.7 Å². The lowest BCUT2D eigenvalue weighted by Gasteiger charge is -2.27. The van der Waals surface area contributed by atoms with Crippen molar-refractivity contribution in [2.24, 2.45) is 5.73 Å². The average Bonchev–Trinajstić information content (AvgIpc) is 3.03. The summed E-state index contributed by atoms with van der Waals surface area (Å²) in [6.07, 6.45) is 0.845. The van der Waals surface area contributed by atoms with Gasteiger partial charge in [-0.25, -0.2) is 9.18 Å². The number of aliphatic hydroxyl groups is 1. The van der Waals surface area contributed by atoms with Crippen LogP contribution in [0.25, 0.3) is 11.1 Å². The minimum atomic E-state index is -0.769. The Kier molecular flexibility index (Phi) is 9.36. The zero-order valence-corrected chi connectivity index (χ0v) is 23.2. The molecule has 0 spiro atoms. The number of carbonyl (C=O) groups is 3. The van der Waals surface area contributed by atoms with Gasteiger partial charge in [0.05, 0.1) is 18.8 Å². The number of aryl methyl sites for hydroxylation is 1. The molecule has 4 amide bonds. The van der Waals surface area contributed by atoms with Gasteiger partial charge >= 0.3 is 6.03 Å². The maximum atomic E-state index is 14.1. The van der Waals surface area contributed by atoms with Crippen LogP contribution in [0.5, 0.6) is 0 Å². The van der Waals surface area contributed by atoms with Crippen LogP contribution < -0.4 is 26.6 Å². The van der Waals surface area contributed by atoms with Gasteiger partial charge in [-0.2, -0.15) is 0 Å². The van der Waals surface area contributed by atoms with Crippen LogP contribution in [0.4, 0.5) is 20.6 Å². The molecule has 1 aliphatic rings. The van der Waals surface area contributed by atoms with E-state index in [-0.39, 0.29) is 43.7 Å². The second kappa shape index (κ2) is 12.9. The molecule has 0 radical (unpaired) electrons. The number of fused-ring (bicyclic) bond motifs is 1. The topological polar surface area (TPSA) is 137 Å². The van der Waals surface area contributed by atoms with Gasteiger partial charge in [-0.15, -0.1) is 0 Å². The van der Waals surface area contributed by atoms with Gasteiger partial charge in [0, 0.05) is 29.8 Å². The van der Waals surface area contributed by atoms with Crippen molar-refractivity contribution in [2.45, 2.75) is 51.2 Å². The third kappa shape index (κ3) is 7.90. The Bertz CT molecular complexity index is 1400. The zero-order chi connectivity index (χ0) is 29.6. The van der Waals surface area contributed by atoms with Gasteiger partial charge in [0.15, 0.2) is 0 Å². The molecule has 10 heteroatoms. The number of anilines is 2. The van der Waals surface area contributed by atoms with E-state index in [4.69, 9.17) is 10.8 Å². The maximum Gasteiger partial charge on any atom is 0.319 e. The minimum Gasteiger partial charge on any atom is -0.395 e. The number of hydrogen-bond donors (Lipinski definition) is 5. The molecule has 6 N–H and O–H groups in total. The fourth-order valence-electron chi connectivity index (χ4n) is 4.86. The molecule has 216 valence electrons. The lowest BCUT2D eigenvalue weighted by Crippen LogP contribution is -2.49. The third-order valence-corrected chi connectivity index (χ3v) is 6.73. The first-order valence-electron chi connectivity index (χ1n) is 13.6. The molecule has 0 bridgehead atoms. The van der Waals surface area contributed by atoms with Gasteiger partial charge in [-0.05, 0) is 67.6 Å². The van der Waals surface area contributed by atoms with Crippen LogP contribution in [0.1, 0.15) is 37.8 Å². The minimum absolute atomic E-state index is 0.0687. The van der Waals surface area contributed by atoms with Crippen LogP contribution in [-0.4, -0.2) is 47.7 Å². The summed E-state index contributed by atoms with van der Waals surface area (Å²) in [5.74, 6) is -0.967. The van der Waals surface area contributed by atoms with Gasteiger partial charge in [0.25, 0.3) is 0 Å². The molecule has 0 aromatic heterocycles. The fourth-order valence-corrected chi connectivity index (χ4v) is 4.86. The van der Waals surface area contributed by atoms with Crippen LogP contribution >= 0.6 is 0 Å². The summed E-state index contributed by atoms with van der Waals surface area (Å²) in [4.78, 5) is 40.1. The Labute approximate surface area is 238 Å². The summed E-state index contributed by atoms with van der Waals surface area (Å²) < 4.78 is 14.1. The van der Waals surface area contributed by atoms with Gasteiger partial charge in [0.1, 0.15) is 11.9 Å². The molecule has 0 fully saturated rings. The highest BCUT2D eigenvalue weighted by Gasteiger charge is 2.32. The molecule has 1 aliphatic heterocycles. The van der Waals surface area contributed by atoms with E-state index in [0.29, 0.717) is 29.8 Å². The number of para-hydroxylation sites is 1. The Hall–Kier alpha value is -4.28. The molecule has 0 saturated heterocycles. The van der Waals surface area contributed by atoms with Crippen molar-refractivity contribution < 1.29 is 23.9 Å². The van der Waals surface area contributed by atoms with E-state index in [0.717, 1.165) is 16.7 Å². The number of nitrogens with zero attached hydrogens (tertiary/aromatic N) is 1. The zero-order valence-electron chi connectivity index (χ0n) is 23.2. The summed E-state index contributed by atoms with van der Waals surface area (Å²) in [5, 5.41) is 17.1. The van der Waals surface area contributed by atoms with Crippen molar-refractivity contribution in [3.05, 3.63) is 83.7 Å². The van der Waals surface area contributed by atoms with E-state index in [1.165, 1.54) is 12.1 Å². The highest BCUT2D eigenvalue weighted by atomic mass is 19.1. The van der Waals surface area contributed by atoms with Crippen LogP contribution in [0.3, 0.4) is 0 Å². The van der Waals surface area contributed by atoms with E-state index < -0.39 is 17.6 Å². The summed E-state index contributed by atoms with van der Waals surface area (Å²) in [7, 11) is 0. The molecule has 41 heavy (non-hydrogen) atoms. The molecular formula is C31H36FN5O4. The average molecular weight is 562 g/mol. The molecule has 9 nitrogen and oxygen atoms in total. The number of hydrogen-bond acceptors (Lipinski definition) is 5. The lowest BCUT2D eigenvalue weighted by molar-refractivity contribution is -0.128. The monoisotopic (exact) mass is 561 g/mol. The molecule has 0 unspecified atom stereocenters. The molecule has 0 aliphatic carbocycles. The summed E-state index contributed by atoms with van der Waals surface area (Å²) in [5.41, 5.74) is 9.68. The Morgan fingerprint density at radius 1 is 1.10 bits per heavy atom. The first-order chi connectivity index (χ1) is 19.5. The molecule has 3 aromatic carbocycles. The van der Waals surface area contributed by atoms with Gasteiger partial charge in [0.2, 0.25) is 11.8 Å². The van der Waals surface area contributed by atoms with Gasteiger partial charge < -0.3 is 31.7 Å². The molecule has 0 saturated carbocycles. The Morgan fingerprint density at radius 2 is 1.83 bits per heavy atom. The smallest absolute Gasteiger partial charge is 0.319 e. The number of aliphatic hydroxyl groups excluding tert-OH is 1. The fraction of sp³-hybridized carbons (Fsp3) is 0.323. The highest BCUT2D eigenvalue weighted by Crippen LogP contribution is 2.31. The standard InChI is InChI=1S/C31H36FN5O4/c1-31(2,33)18-28(39)35-26-13-11-22-17-23(32)12-14-27(22)37(29(26)40)19-20-7-9-21(10-8-20)24-5-3-4-6-25(24)36-30(41)34-15-16-38/h3-10,12,14,17,26,38H,11,13,15-16,18-19,33H2,1-2H3,(H,35,39)(H2,34,36,41)/t26-/m1/s1. The highest BCUT2D eigenvalue weighted by molar-refractivity contribution is 6.00. The van der Waals surface area contributed by atoms with Crippen molar-refractivity contribution in [1.82, 2.24) is 10.6 Å². The lowest BCUT2D eigenvalue weighted by atomic mass is 10.0. The van der Waals surface area contributed by atoms with Crippen molar-refractivity contribution in [3.8, 4) is 11.1 Å². The van der Waals surface area contributed by atoms with Gasteiger partial charge in [-0.1, -0.05) is 42.5 Å². The Morgan fingerprint density at radius 3 is 2.54 bits per heavy atom. The number of carbonyl (C=O) groups excluding carboxylic acids is 3. The molecule has 1 atom stereocenters. The van der Waals surface area contributed by atoms with Crippen molar-refractivity contribution in [3.63, 3.8) is 0 Å². The van der Waals surface area contributed by atoms with Crippen LogP contribution in [0, 0.1) is 5.82 Å². The number of halogens is 1. The largest absolute Gasteiger partial charge is 0.395 e. The molecule has 3 aromatic rings. The summed E-state index contributed by atoms with van der Waals surface area (Å²) in [6.45, 7) is 3.70. The maximum absolute atomic E-state index is 14.1. The molecular weight excluding hydrogens is 525 g/mol. The van der Waals surface area contributed by atoms with E-state index in [1.54, 1.807) is 30.9 Å². The summed E-state index contributed by atoms with van der Waals surface area (Å²) >= 11 is 0. The second-order valence-corrected chi connectivity index (χ2v) is 10.9. The van der Waals surface area contributed by atoms with Crippen molar-refractivity contribution in [1.29, 1.82) is 0 Å². The molecule has 4 rings (SSSR count). The van der Waals surface area contributed by atoms with E-state index in [9.17, 15) is 18.8 Å². The van der Waals surface area contributed by atoms with Crippen LogP contribution in [0.2, 0.25) is 0 Å². The number of benzene rings is 3. The number of nitrogens with one attached hydrogen (secondary N) is 3. The van der Waals surface area contributed by atoms with E-state index in [1.807, 2.05) is 42.5 Å². The Balaban J connectivity index is 1.57. The summed E-state index contributed by atoms with van der Waals surface area (Å²) in [6, 6.07) is 18.1. The number of urea groups is 1. The van der Waals surface area contributed by atoms with E-state index in [2.05, 4.69) is 16.0 Å². The van der Waals surface area contributed by atoms with Gasteiger partial charge in [-0.3, -0.25) is 9.59 Å². The number of rotatable bonds is 9. The first kappa shape index (κ1) is 29.7. The first-order valence-corrected chi connectivity index (χ1v) is 13.6. The predicted molar refractivity (Wildman–Crippen MR) is 157 cm³/mol. The van der Waals surface area contributed by atoms with Crippen molar-refractivity contribution >= 4 is 29.2 Å². The van der Waals surface area contributed by atoms with Crippen LogP contribution in [-0.2, 0) is 22.6 Å². The second-order valence-electron chi connectivity index (χ2n) is 10.9.